The Hall–Kier alpha value is -0.340. The van der Waals surface area contributed by atoms with Crippen LogP contribution in [0, 0.1) is 19.3 Å². The molecular weight excluding hydrogens is 262 g/mol. The maximum Gasteiger partial charge on any atom is 0.0305 e. The van der Waals surface area contributed by atoms with Crippen molar-refractivity contribution in [2.45, 2.75) is 84.2 Å². The maximum absolute atomic E-state index is 3.90. The third-order valence-electron chi connectivity index (χ3n) is 5.74. The van der Waals surface area contributed by atoms with Gasteiger partial charge in [-0.15, -0.1) is 11.3 Å². The lowest BCUT2D eigenvalue weighted by Gasteiger charge is -2.38. The van der Waals surface area contributed by atoms with Gasteiger partial charge in [0.25, 0.3) is 0 Å². The quantitative estimate of drug-likeness (QED) is 0.773. The topological polar surface area (TPSA) is 12.0 Å². The van der Waals surface area contributed by atoms with E-state index < -0.39 is 0 Å². The van der Waals surface area contributed by atoms with E-state index >= 15 is 0 Å². The molecule has 2 fully saturated rings. The number of aryl methyl sites for hydroxylation is 2. The van der Waals surface area contributed by atoms with Gasteiger partial charge in [0.05, 0.1) is 0 Å². The Kier molecular flexibility index (Phi) is 4.24. The number of hydrogen-bond donors (Lipinski definition) is 1. The molecule has 3 rings (SSSR count). The van der Waals surface area contributed by atoms with Crippen LogP contribution in [0.15, 0.2) is 6.07 Å². The van der Waals surface area contributed by atoms with Crippen molar-refractivity contribution in [2.24, 2.45) is 5.41 Å². The van der Waals surface area contributed by atoms with Crippen molar-refractivity contribution in [3.63, 3.8) is 0 Å². The van der Waals surface area contributed by atoms with Crippen LogP contribution < -0.4 is 5.32 Å². The predicted octanol–water partition coefficient (Wildman–Crippen LogP) is 5.52. The van der Waals surface area contributed by atoms with Gasteiger partial charge in [0.2, 0.25) is 0 Å². The van der Waals surface area contributed by atoms with Crippen LogP contribution in [0.4, 0.5) is 0 Å². The summed E-state index contributed by atoms with van der Waals surface area (Å²) in [6.45, 7) is 6.83. The Bertz CT molecular complexity index is 446. The second-order valence-electron chi connectivity index (χ2n) is 7.24. The second-order valence-corrected chi connectivity index (χ2v) is 8.70. The molecule has 20 heavy (non-hydrogen) atoms. The number of hydrogen-bond acceptors (Lipinski definition) is 2. The molecule has 1 unspecified atom stereocenters. The average Bonchev–Trinajstić information content (AvgIpc) is 3.00. The summed E-state index contributed by atoms with van der Waals surface area (Å²) in [6, 6.07) is 3.64. The molecule has 112 valence electrons. The number of thiophene rings is 1. The van der Waals surface area contributed by atoms with E-state index in [0.29, 0.717) is 6.04 Å². The third-order valence-corrected chi connectivity index (χ3v) is 6.72. The molecule has 1 aromatic rings. The first-order valence-electron chi connectivity index (χ1n) is 8.41. The summed E-state index contributed by atoms with van der Waals surface area (Å²) in [7, 11) is 0. The molecule has 2 aliphatic carbocycles. The summed E-state index contributed by atoms with van der Waals surface area (Å²) in [4.78, 5) is 2.94. The Morgan fingerprint density at radius 3 is 2.35 bits per heavy atom. The molecule has 0 amide bonds. The van der Waals surface area contributed by atoms with Crippen molar-refractivity contribution >= 4 is 11.3 Å². The molecule has 1 aromatic heterocycles. The van der Waals surface area contributed by atoms with Crippen LogP contribution >= 0.6 is 11.3 Å². The molecule has 1 N–H and O–H groups in total. The Morgan fingerprint density at radius 2 is 1.80 bits per heavy atom. The van der Waals surface area contributed by atoms with Gasteiger partial charge in [0.15, 0.2) is 0 Å². The van der Waals surface area contributed by atoms with Gasteiger partial charge in [-0.05, 0) is 76.3 Å². The van der Waals surface area contributed by atoms with Crippen LogP contribution in [0.3, 0.4) is 0 Å². The normalized spacial score (nSPS) is 24.4. The minimum absolute atomic E-state index is 0.516. The minimum Gasteiger partial charge on any atom is -0.307 e. The van der Waals surface area contributed by atoms with Gasteiger partial charge in [-0.2, -0.15) is 0 Å². The molecule has 0 aliphatic heterocycles. The van der Waals surface area contributed by atoms with Crippen LogP contribution in [0.25, 0.3) is 0 Å². The first-order chi connectivity index (χ1) is 9.58. The molecule has 1 heterocycles. The molecular formula is C18H29NS. The highest BCUT2D eigenvalue weighted by atomic mass is 32.1. The zero-order valence-electron chi connectivity index (χ0n) is 13.3. The van der Waals surface area contributed by atoms with Gasteiger partial charge in [-0.3, -0.25) is 0 Å². The molecule has 2 aliphatic rings. The van der Waals surface area contributed by atoms with Crippen LogP contribution in [-0.2, 0) is 0 Å². The Labute approximate surface area is 128 Å². The molecule has 1 spiro atoms. The van der Waals surface area contributed by atoms with Gasteiger partial charge >= 0.3 is 0 Å². The van der Waals surface area contributed by atoms with Crippen molar-refractivity contribution in [1.82, 2.24) is 5.32 Å². The van der Waals surface area contributed by atoms with Gasteiger partial charge < -0.3 is 5.32 Å². The number of nitrogens with one attached hydrogen (secondary N) is 1. The molecule has 1 nitrogen and oxygen atoms in total. The van der Waals surface area contributed by atoms with Gasteiger partial charge in [-0.25, -0.2) is 0 Å². The summed E-state index contributed by atoms with van der Waals surface area (Å²) in [5.74, 6) is 0. The monoisotopic (exact) mass is 291 g/mol. The lowest BCUT2D eigenvalue weighted by Crippen LogP contribution is -2.38. The van der Waals surface area contributed by atoms with Crippen LogP contribution in [0.5, 0.6) is 0 Å². The first-order valence-corrected chi connectivity index (χ1v) is 9.23. The first kappa shape index (κ1) is 14.6. The van der Waals surface area contributed by atoms with E-state index in [2.05, 4.69) is 32.2 Å². The van der Waals surface area contributed by atoms with E-state index in [0.717, 1.165) is 11.5 Å². The molecule has 0 radical (unpaired) electrons. The Balaban J connectivity index is 1.55. The highest BCUT2D eigenvalue weighted by Gasteiger charge is 2.37. The highest BCUT2D eigenvalue weighted by Crippen LogP contribution is 2.49. The average molecular weight is 292 g/mol. The largest absolute Gasteiger partial charge is 0.307 e. The van der Waals surface area contributed by atoms with E-state index in [-0.39, 0.29) is 0 Å². The lowest BCUT2D eigenvalue weighted by atomic mass is 9.71. The van der Waals surface area contributed by atoms with E-state index in [4.69, 9.17) is 0 Å². The van der Waals surface area contributed by atoms with Gasteiger partial charge in [0.1, 0.15) is 0 Å². The second kappa shape index (κ2) is 5.81. The third kappa shape index (κ3) is 2.96. The standard InChI is InChI=1S/C18H29NS/c1-13-12-17(15(3)20-13)14(2)19-16-6-10-18(11-7-16)8-4-5-9-18/h12,14,16,19H,4-11H2,1-3H3. The van der Waals surface area contributed by atoms with Crippen LogP contribution in [-0.4, -0.2) is 6.04 Å². The van der Waals surface area contributed by atoms with E-state index in [1.54, 1.807) is 0 Å². The van der Waals surface area contributed by atoms with Crippen molar-refractivity contribution in [3.8, 4) is 0 Å². The smallest absolute Gasteiger partial charge is 0.0305 e. The zero-order chi connectivity index (χ0) is 14.2. The van der Waals surface area contributed by atoms with Crippen molar-refractivity contribution in [3.05, 3.63) is 21.4 Å². The minimum atomic E-state index is 0.516. The fraction of sp³-hybridized carbons (Fsp3) is 0.778. The molecule has 1 atom stereocenters. The fourth-order valence-electron chi connectivity index (χ4n) is 4.55. The SMILES string of the molecule is Cc1cc(C(C)NC2CCC3(CCCC3)CC2)c(C)s1. The maximum atomic E-state index is 3.90. The summed E-state index contributed by atoms with van der Waals surface area (Å²) in [5, 5.41) is 3.90. The van der Waals surface area contributed by atoms with Gasteiger partial charge in [0, 0.05) is 21.8 Å². The lowest BCUT2D eigenvalue weighted by molar-refractivity contribution is 0.164. The van der Waals surface area contributed by atoms with E-state index in [1.807, 2.05) is 11.3 Å². The molecule has 0 bridgehead atoms. The van der Waals surface area contributed by atoms with Crippen molar-refractivity contribution in [2.75, 3.05) is 0 Å². The van der Waals surface area contributed by atoms with Crippen molar-refractivity contribution < 1.29 is 0 Å². The van der Waals surface area contributed by atoms with Crippen LogP contribution in [0.2, 0.25) is 0 Å². The van der Waals surface area contributed by atoms with Crippen LogP contribution in [0.1, 0.15) is 79.6 Å². The number of rotatable bonds is 3. The fourth-order valence-corrected chi connectivity index (χ4v) is 5.57. The summed E-state index contributed by atoms with van der Waals surface area (Å²) in [6.07, 6.45) is 11.7. The summed E-state index contributed by atoms with van der Waals surface area (Å²) < 4.78 is 0. The molecule has 2 heteroatoms. The predicted molar refractivity (Wildman–Crippen MR) is 88.5 cm³/mol. The van der Waals surface area contributed by atoms with E-state index in [9.17, 15) is 0 Å². The summed E-state index contributed by atoms with van der Waals surface area (Å²) >= 11 is 1.93. The van der Waals surface area contributed by atoms with E-state index in [1.165, 1.54) is 66.7 Å². The zero-order valence-corrected chi connectivity index (χ0v) is 14.1. The molecule has 0 saturated heterocycles. The van der Waals surface area contributed by atoms with Gasteiger partial charge in [-0.1, -0.05) is 12.8 Å². The molecule has 2 saturated carbocycles. The highest BCUT2D eigenvalue weighted by molar-refractivity contribution is 7.12. The van der Waals surface area contributed by atoms with Crippen molar-refractivity contribution in [1.29, 1.82) is 0 Å². The summed E-state index contributed by atoms with van der Waals surface area (Å²) in [5.41, 5.74) is 2.28. The Morgan fingerprint density at radius 1 is 1.15 bits per heavy atom. The molecule has 0 aromatic carbocycles.